The highest BCUT2D eigenvalue weighted by Crippen LogP contribution is 2.33. The number of benzene rings is 2. The molecule has 2 unspecified atom stereocenters. The van der Waals surface area contributed by atoms with Crippen LogP contribution in [0.15, 0.2) is 54.6 Å². The molecule has 2 aromatic rings. The molecule has 0 radical (unpaired) electrons. The van der Waals surface area contributed by atoms with Crippen LogP contribution in [0.1, 0.15) is 12.8 Å². The second-order valence-corrected chi connectivity index (χ2v) is 8.06. The predicted molar refractivity (Wildman–Crippen MR) is 110 cm³/mol. The van der Waals surface area contributed by atoms with Crippen molar-refractivity contribution in [2.24, 2.45) is 5.92 Å². The summed E-state index contributed by atoms with van der Waals surface area (Å²) in [6.45, 7) is 4.06. The number of nitrogens with zero attached hydrogens (tertiary/aromatic N) is 3. The van der Waals surface area contributed by atoms with Crippen LogP contribution in [-0.2, 0) is 9.59 Å². The minimum atomic E-state index is -0.234. The molecule has 0 aromatic heterocycles. The standard InChI is InChI=1S/C23H25N3O2/c27-22-14-18(23(28)25-13-10-19(16-25)24-11-3-4-12-24)15-26(22)21-9-5-7-17-6-1-2-8-20(17)21/h1-9,18-19H,10-16H2. The maximum Gasteiger partial charge on any atom is 0.228 e. The Kier molecular flexibility index (Phi) is 4.40. The van der Waals surface area contributed by atoms with Crippen molar-refractivity contribution in [3.8, 4) is 0 Å². The van der Waals surface area contributed by atoms with E-state index in [-0.39, 0.29) is 17.7 Å². The first-order valence-electron chi connectivity index (χ1n) is 10.2. The normalized spacial score (nSPS) is 25.4. The van der Waals surface area contributed by atoms with Crippen molar-refractivity contribution in [1.82, 2.24) is 9.80 Å². The number of carbonyl (C=O) groups is 2. The molecule has 3 heterocycles. The van der Waals surface area contributed by atoms with Gasteiger partial charge in [0.1, 0.15) is 0 Å². The molecule has 2 fully saturated rings. The van der Waals surface area contributed by atoms with E-state index in [1.807, 2.05) is 40.1 Å². The lowest BCUT2D eigenvalue weighted by molar-refractivity contribution is -0.134. The van der Waals surface area contributed by atoms with Crippen molar-refractivity contribution in [3.05, 3.63) is 54.6 Å². The maximum absolute atomic E-state index is 13.1. The Morgan fingerprint density at radius 3 is 2.61 bits per heavy atom. The van der Waals surface area contributed by atoms with Gasteiger partial charge in [0.15, 0.2) is 0 Å². The zero-order valence-corrected chi connectivity index (χ0v) is 16.0. The first kappa shape index (κ1) is 17.4. The van der Waals surface area contributed by atoms with Gasteiger partial charge >= 0.3 is 0 Å². The zero-order valence-electron chi connectivity index (χ0n) is 16.0. The van der Waals surface area contributed by atoms with Gasteiger partial charge in [-0.2, -0.15) is 0 Å². The highest BCUT2D eigenvalue weighted by atomic mass is 16.2. The van der Waals surface area contributed by atoms with Gasteiger partial charge in [-0.15, -0.1) is 0 Å². The van der Waals surface area contributed by atoms with Gasteiger partial charge in [-0.3, -0.25) is 14.5 Å². The molecule has 144 valence electrons. The summed E-state index contributed by atoms with van der Waals surface area (Å²) in [5.41, 5.74) is 0.917. The molecule has 5 rings (SSSR count). The van der Waals surface area contributed by atoms with Crippen molar-refractivity contribution in [2.45, 2.75) is 18.9 Å². The summed E-state index contributed by atoms with van der Waals surface area (Å²) in [5.74, 6) is -0.0399. The van der Waals surface area contributed by atoms with Gasteiger partial charge in [-0.1, -0.05) is 48.6 Å². The van der Waals surface area contributed by atoms with Crippen LogP contribution in [0.5, 0.6) is 0 Å². The highest BCUT2D eigenvalue weighted by molar-refractivity contribution is 6.07. The maximum atomic E-state index is 13.1. The van der Waals surface area contributed by atoms with Crippen molar-refractivity contribution < 1.29 is 9.59 Å². The first-order valence-corrected chi connectivity index (χ1v) is 10.2. The highest BCUT2D eigenvalue weighted by Gasteiger charge is 2.40. The topological polar surface area (TPSA) is 43.9 Å². The minimum absolute atomic E-state index is 0.0502. The Bertz CT molecular complexity index is 941. The van der Waals surface area contributed by atoms with Gasteiger partial charge in [-0.25, -0.2) is 0 Å². The van der Waals surface area contributed by atoms with Crippen LogP contribution in [0, 0.1) is 5.92 Å². The average molecular weight is 375 g/mol. The molecule has 0 saturated carbocycles. The fraction of sp³-hybridized carbons (Fsp3) is 0.391. The molecule has 5 heteroatoms. The largest absolute Gasteiger partial charge is 0.341 e. The number of likely N-dealkylation sites (tertiary alicyclic amines) is 1. The Morgan fingerprint density at radius 1 is 0.964 bits per heavy atom. The van der Waals surface area contributed by atoms with E-state index in [1.54, 1.807) is 0 Å². The second-order valence-electron chi connectivity index (χ2n) is 8.06. The Labute approximate surface area is 165 Å². The van der Waals surface area contributed by atoms with E-state index < -0.39 is 0 Å². The first-order chi connectivity index (χ1) is 13.7. The van der Waals surface area contributed by atoms with Gasteiger partial charge in [0.05, 0.1) is 11.6 Å². The van der Waals surface area contributed by atoms with Crippen molar-refractivity contribution >= 4 is 28.3 Å². The Hall–Kier alpha value is -2.66. The van der Waals surface area contributed by atoms with Gasteiger partial charge in [-0.05, 0) is 17.9 Å². The van der Waals surface area contributed by atoms with Gasteiger partial charge < -0.3 is 9.80 Å². The number of fused-ring (bicyclic) bond motifs is 1. The van der Waals surface area contributed by atoms with Crippen LogP contribution in [-0.4, -0.2) is 60.4 Å². The van der Waals surface area contributed by atoms with Crippen LogP contribution < -0.4 is 4.90 Å². The summed E-state index contributed by atoms with van der Waals surface area (Å²) in [6.07, 6.45) is 5.74. The number of amides is 2. The summed E-state index contributed by atoms with van der Waals surface area (Å²) in [7, 11) is 0. The lowest BCUT2D eigenvalue weighted by Crippen LogP contribution is -2.40. The van der Waals surface area contributed by atoms with Crippen LogP contribution in [0.3, 0.4) is 0 Å². The summed E-state index contributed by atoms with van der Waals surface area (Å²) in [6, 6.07) is 14.6. The minimum Gasteiger partial charge on any atom is -0.341 e. The molecule has 0 bridgehead atoms. The smallest absolute Gasteiger partial charge is 0.228 e. The summed E-state index contributed by atoms with van der Waals surface area (Å²) >= 11 is 0. The average Bonchev–Trinajstić information content (AvgIpc) is 3.47. The molecular weight excluding hydrogens is 350 g/mol. The number of carbonyl (C=O) groups excluding carboxylic acids is 2. The molecule has 2 atom stereocenters. The Morgan fingerprint density at radius 2 is 1.75 bits per heavy atom. The lowest BCUT2D eigenvalue weighted by Gasteiger charge is -2.25. The summed E-state index contributed by atoms with van der Waals surface area (Å²) in [4.78, 5) is 32.1. The SMILES string of the molecule is O=C(C1CC(=O)N(c2cccc3ccccc23)C1)N1CCC(N2CC=CC2)C1. The van der Waals surface area contributed by atoms with Crippen molar-refractivity contribution in [1.29, 1.82) is 0 Å². The lowest BCUT2D eigenvalue weighted by atomic mass is 10.1. The molecule has 0 N–H and O–H groups in total. The van der Waals surface area contributed by atoms with E-state index in [2.05, 4.69) is 29.2 Å². The third kappa shape index (κ3) is 3.00. The van der Waals surface area contributed by atoms with Crippen molar-refractivity contribution in [3.63, 3.8) is 0 Å². The number of anilines is 1. The molecule has 2 amide bonds. The monoisotopic (exact) mass is 375 g/mol. The molecule has 0 spiro atoms. The summed E-state index contributed by atoms with van der Waals surface area (Å²) < 4.78 is 0. The Balaban J connectivity index is 1.30. The molecule has 3 aliphatic heterocycles. The zero-order chi connectivity index (χ0) is 19.1. The van der Waals surface area contributed by atoms with E-state index >= 15 is 0 Å². The fourth-order valence-electron chi connectivity index (χ4n) is 4.84. The molecule has 3 aliphatic rings. The van der Waals surface area contributed by atoms with Crippen LogP contribution >= 0.6 is 0 Å². The van der Waals surface area contributed by atoms with E-state index in [0.717, 1.165) is 49.1 Å². The van der Waals surface area contributed by atoms with Crippen LogP contribution in [0.25, 0.3) is 10.8 Å². The molecule has 0 aliphatic carbocycles. The van der Waals surface area contributed by atoms with Gasteiger partial charge in [0, 0.05) is 50.6 Å². The quantitative estimate of drug-likeness (QED) is 0.775. The number of rotatable bonds is 3. The van der Waals surface area contributed by atoms with E-state index in [0.29, 0.717) is 19.0 Å². The molecular formula is C23H25N3O2. The number of hydrogen-bond donors (Lipinski definition) is 0. The van der Waals surface area contributed by atoms with Gasteiger partial charge in [0.2, 0.25) is 11.8 Å². The third-order valence-corrected chi connectivity index (χ3v) is 6.37. The summed E-state index contributed by atoms with van der Waals surface area (Å²) in [5, 5.41) is 2.18. The van der Waals surface area contributed by atoms with E-state index in [4.69, 9.17) is 0 Å². The molecule has 28 heavy (non-hydrogen) atoms. The van der Waals surface area contributed by atoms with Crippen molar-refractivity contribution in [2.75, 3.05) is 37.6 Å². The second kappa shape index (κ2) is 7.06. The van der Waals surface area contributed by atoms with Gasteiger partial charge in [0.25, 0.3) is 0 Å². The van der Waals surface area contributed by atoms with E-state index in [1.165, 1.54) is 0 Å². The molecule has 2 saturated heterocycles. The fourth-order valence-corrected chi connectivity index (χ4v) is 4.84. The predicted octanol–water partition coefficient (Wildman–Crippen LogP) is 2.67. The van der Waals surface area contributed by atoms with Crippen LogP contribution in [0.2, 0.25) is 0 Å². The number of hydrogen-bond acceptors (Lipinski definition) is 3. The van der Waals surface area contributed by atoms with Crippen LogP contribution in [0.4, 0.5) is 5.69 Å². The van der Waals surface area contributed by atoms with E-state index in [9.17, 15) is 9.59 Å². The third-order valence-electron chi connectivity index (χ3n) is 6.37. The molecule has 2 aromatic carbocycles. The molecule has 5 nitrogen and oxygen atoms in total.